The van der Waals surface area contributed by atoms with Crippen LogP contribution in [-0.4, -0.2) is 47.3 Å². The van der Waals surface area contributed by atoms with E-state index in [-0.39, 0.29) is 31.2 Å². The third-order valence-electron chi connectivity index (χ3n) is 3.02. The number of esters is 1. The number of carbonyl (C=O) groups is 2. The summed E-state index contributed by atoms with van der Waals surface area (Å²) >= 11 is 0. The second-order valence-corrected chi connectivity index (χ2v) is 7.13. The molecule has 0 radical (unpaired) electrons. The van der Waals surface area contributed by atoms with Gasteiger partial charge in [-0.1, -0.05) is 0 Å². The number of hydrogen-bond donors (Lipinski definition) is 1. The van der Waals surface area contributed by atoms with Crippen molar-refractivity contribution in [3.05, 3.63) is 22.7 Å². The third-order valence-corrected chi connectivity index (χ3v) is 4.52. The van der Waals surface area contributed by atoms with Crippen LogP contribution in [0.2, 0.25) is 0 Å². The van der Waals surface area contributed by atoms with Gasteiger partial charge < -0.3 is 19.3 Å². The number of nitrogens with one attached hydrogen (secondary N) is 1. The molecule has 1 saturated heterocycles. The molecule has 11 nitrogen and oxygen atoms in total. The Hall–Kier alpha value is -2.07. The lowest BCUT2D eigenvalue weighted by atomic mass is 10.3. The number of ether oxygens (including phenoxy) is 2. The standard InChI is InChI=1S/C13H18N3O8P/c1-9(17)14-12-3-4-16(13(19)15-12)5-11-6-23-25(20,8-22-11)24-7-21-10(2)18/h3-4,11H,5-8H2,1-2H3,(H,14,15,17,19). The highest BCUT2D eigenvalue weighted by atomic mass is 31.2. The summed E-state index contributed by atoms with van der Waals surface area (Å²) in [6.07, 6.45) is 0.589. The number of carbonyl (C=O) groups excluding carboxylic acids is 2. The van der Waals surface area contributed by atoms with Crippen LogP contribution in [0.1, 0.15) is 13.8 Å². The van der Waals surface area contributed by atoms with E-state index in [0.29, 0.717) is 0 Å². The van der Waals surface area contributed by atoms with Crippen LogP contribution in [0.4, 0.5) is 5.82 Å². The van der Waals surface area contributed by atoms with E-state index in [2.05, 4.69) is 15.0 Å². The number of nitrogens with zero attached hydrogens (tertiary/aromatic N) is 2. The highest BCUT2D eigenvalue weighted by Gasteiger charge is 2.33. The first-order valence-electron chi connectivity index (χ1n) is 7.25. The molecule has 25 heavy (non-hydrogen) atoms. The van der Waals surface area contributed by atoms with E-state index >= 15 is 0 Å². The van der Waals surface area contributed by atoms with Gasteiger partial charge >= 0.3 is 19.3 Å². The molecule has 1 aliphatic rings. The Morgan fingerprint density at radius 2 is 2.24 bits per heavy atom. The van der Waals surface area contributed by atoms with E-state index < -0.39 is 32.2 Å². The molecule has 12 heteroatoms. The number of anilines is 1. The minimum absolute atomic E-state index is 0.0722. The van der Waals surface area contributed by atoms with E-state index in [1.165, 1.54) is 30.7 Å². The molecule has 1 fully saturated rings. The zero-order valence-corrected chi connectivity index (χ0v) is 14.6. The zero-order valence-electron chi connectivity index (χ0n) is 13.7. The van der Waals surface area contributed by atoms with Crippen molar-refractivity contribution in [2.24, 2.45) is 0 Å². The second kappa shape index (κ2) is 8.34. The molecule has 1 aromatic rings. The summed E-state index contributed by atoms with van der Waals surface area (Å²) in [6, 6.07) is 1.47. The topological polar surface area (TPSA) is 135 Å². The van der Waals surface area contributed by atoms with Crippen LogP contribution >= 0.6 is 7.60 Å². The first-order chi connectivity index (χ1) is 11.8. The van der Waals surface area contributed by atoms with Crippen molar-refractivity contribution < 1.29 is 32.7 Å². The maximum absolute atomic E-state index is 12.1. The molecule has 1 aliphatic heterocycles. The molecule has 1 N–H and O–H groups in total. The van der Waals surface area contributed by atoms with Crippen molar-refractivity contribution in [1.29, 1.82) is 0 Å². The van der Waals surface area contributed by atoms with Crippen LogP contribution in [0.5, 0.6) is 0 Å². The van der Waals surface area contributed by atoms with Crippen molar-refractivity contribution in [3.63, 3.8) is 0 Å². The van der Waals surface area contributed by atoms with Crippen molar-refractivity contribution in [1.82, 2.24) is 9.55 Å². The lowest BCUT2D eigenvalue weighted by Gasteiger charge is -2.28. The van der Waals surface area contributed by atoms with Gasteiger partial charge in [-0.05, 0) is 6.07 Å². The average molecular weight is 375 g/mol. The van der Waals surface area contributed by atoms with Gasteiger partial charge in [0.05, 0.1) is 13.2 Å². The second-order valence-electron chi connectivity index (χ2n) is 5.14. The molecular formula is C13H18N3O8P. The molecule has 0 aliphatic carbocycles. The van der Waals surface area contributed by atoms with Crippen molar-refractivity contribution in [3.8, 4) is 0 Å². The molecule has 1 amide bonds. The Balaban J connectivity index is 1.87. The summed E-state index contributed by atoms with van der Waals surface area (Å²) in [4.78, 5) is 37.2. The predicted octanol–water partition coefficient (Wildman–Crippen LogP) is 0.305. The fraction of sp³-hybridized carbons (Fsp3) is 0.538. The Kier molecular flexibility index (Phi) is 6.43. The Morgan fingerprint density at radius 1 is 1.48 bits per heavy atom. The molecule has 2 rings (SSSR count). The van der Waals surface area contributed by atoms with Gasteiger partial charge in [-0.2, -0.15) is 4.98 Å². The van der Waals surface area contributed by atoms with E-state index in [9.17, 15) is 18.9 Å². The minimum Gasteiger partial charge on any atom is -0.438 e. The number of rotatable bonds is 6. The van der Waals surface area contributed by atoms with E-state index in [1.807, 2.05) is 0 Å². The Labute approximate surface area is 142 Å². The predicted molar refractivity (Wildman–Crippen MR) is 83.8 cm³/mol. The van der Waals surface area contributed by atoms with E-state index in [0.717, 1.165) is 0 Å². The highest BCUT2D eigenvalue weighted by molar-refractivity contribution is 7.53. The Bertz CT molecular complexity index is 737. The van der Waals surface area contributed by atoms with E-state index in [4.69, 9.17) is 13.8 Å². The summed E-state index contributed by atoms with van der Waals surface area (Å²) in [5, 5.41) is 2.41. The number of aromatic nitrogens is 2. The van der Waals surface area contributed by atoms with Gasteiger partial charge in [0, 0.05) is 20.0 Å². The van der Waals surface area contributed by atoms with Gasteiger partial charge in [0.2, 0.25) is 12.7 Å². The molecule has 0 aromatic carbocycles. The Morgan fingerprint density at radius 3 is 2.80 bits per heavy atom. The maximum atomic E-state index is 12.1. The first kappa shape index (κ1) is 19.3. The first-order valence-corrected chi connectivity index (χ1v) is 8.98. The summed E-state index contributed by atoms with van der Waals surface area (Å²) in [6.45, 7) is 2.06. The zero-order chi connectivity index (χ0) is 18.4. The van der Waals surface area contributed by atoms with Crippen LogP contribution in [0.15, 0.2) is 17.1 Å². The fourth-order valence-electron chi connectivity index (χ4n) is 1.89. The molecule has 2 unspecified atom stereocenters. The average Bonchev–Trinajstić information content (AvgIpc) is 2.51. The quantitative estimate of drug-likeness (QED) is 0.423. The molecule has 138 valence electrons. The van der Waals surface area contributed by atoms with Crippen molar-refractivity contribution in [2.45, 2.75) is 26.5 Å². The maximum Gasteiger partial charge on any atom is 0.359 e. The number of hydrogen-bond acceptors (Lipinski definition) is 9. The minimum atomic E-state index is -3.50. The normalized spacial score (nSPS) is 23.0. The van der Waals surface area contributed by atoms with Gasteiger partial charge in [0.1, 0.15) is 18.3 Å². The van der Waals surface area contributed by atoms with Gasteiger partial charge in [-0.15, -0.1) is 0 Å². The van der Waals surface area contributed by atoms with Crippen molar-refractivity contribution in [2.75, 3.05) is 25.1 Å². The summed E-state index contributed by atoms with van der Waals surface area (Å²) < 4.78 is 33.4. The molecule has 0 bridgehead atoms. The molecule has 2 heterocycles. The van der Waals surface area contributed by atoms with Gasteiger partial charge in [0.15, 0.2) is 0 Å². The SMILES string of the molecule is CC(=O)Nc1ccn(CC2COP(=O)(OCOC(C)=O)CO2)c(=O)n1. The highest BCUT2D eigenvalue weighted by Crippen LogP contribution is 2.50. The summed E-state index contributed by atoms with van der Waals surface area (Å²) in [7, 11) is -3.50. The van der Waals surface area contributed by atoms with Gasteiger partial charge in [-0.3, -0.25) is 23.2 Å². The summed E-state index contributed by atoms with van der Waals surface area (Å²) in [5.41, 5.74) is -0.574. The van der Waals surface area contributed by atoms with E-state index in [1.54, 1.807) is 0 Å². The van der Waals surface area contributed by atoms with Crippen LogP contribution < -0.4 is 11.0 Å². The third kappa shape index (κ3) is 6.05. The monoisotopic (exact) mass is 375 g/mol. The molecule has 2 atom stereocenters. The van der Waals surface area contributed by atoms with Gasteiger partial charge in [-0.25, -0.2) is 4.79 Å². The van der Waals surface area contributed by atoms with Crippen LogP contribution in [0, 0.1) is 0 Å². The molecular weight excluding hydrogens is 357 g/mol. The van der Waals surface area contributed by atoms with Crippen LogP contribution in [-0.2, 0) is 39.2 Å². The number of amides is 1. The van der Waals surface area contributed by atoms with Gasteiger partial charge in [0.25, 0.3) is 0 Å². The van der Waals surface area contributed by atoms with Crippen LogP contribution in [0.25, 0.3) is 0 Å². The lowest BCUT2D eigenvalue weighted by molar-refractivity contribution is -0.148. The fourth-order valence-corrected chi connectivity index (χ4v) is 3.11. The lowest BCUT2D eigenvalue weighted by Crippen LogP contribution is -2.35. The smallest absolute Gasteiger partial charge is 0.359 e. The summed E-state index contributed by atoms with van der Waals surface area (Å²) in [5.74, 6) is -0.756. The van der Waals surface area contributed by atoms with Crippen molar-refractivity contribution >= 4 is 25.3 Å². The van der Waals surface area contributed by atoms with Crippen LogP contribution in [0.3, 0.4) is 0 Å². The molecule has 1 aromatic heterocycles. The molecule has 0 spiro atoms. The molecule has 0 saturated carbocycles. The largest absolute Gasteiger partial charge is 0.438 e.